The molecule has 0 unspecified atom stereocenters. The quantitative estimate of drug-likeness (QED) is 0.535. The van der Waals surface area contributed by atoms with E-state index in [-0.39, 0.29) is 29.5 Å². The molecule has 1 aromatic carbocycles. The van der Waals surface area contributed by atoms with Crippen molar-refractivity contribution in [2.24, 2.45) is 0 Å². The average molecular weight is 379 g/mol. The maximum absolute atomic E-state index is 12.6. The number of carbonyl (C=O) groups is 2. The monoisotopic (exact) mass is 379 g/mol. The van der Waals surface area contributed by atoms with Crippen LogP contribution in [0.2, 0.25) is 0 Å². The van der Waals surface area contributed by atoms with Gasteiger partial charge in [0.2, 0.25) is 0 Å². The van der Waals surface area contributed by atoms with Gasteiger partial charge in [-0.1, -0.05) is 37.3 Å². The lowest BCUT2D eigenvalue weighted by Gasteiger charge is -2.33. The Morgan fingerprint density at radius 1 is 1.31 bits per heavy atom. The lowest BCUT2D eigenvalue weighted by molar-refractivity contribution is -0.150. The van der Waals surface area contributed by atoms with Gasteiger partial charge in [0.05, 0.1) is 11.5 Å². The van der Waals surface area contributed by atoms with E-state index >= 15 is 0 Å². The Morgan fingerprint density at radius 2 is 2.00 bits per heavy atom. The Hall–Kier alpha value is -2.15. The van der Waals surface area contributed by atoms with Crippen molar-refractivity contribution in [2.75, 3.05) is 18.1 Å². The lowest BCUT2D eigenvalue weighted by Crippen LogP contribution is -2.48. The predicted octanol–water partition coefficient (Wildman–Crippen LogP) is 2.06. The first kappa shape index (κ1) is 20.2. The zero-order chi connectivity index (χ0) is 19.2. The summed E-state index contributed by atoms with van der Waals surface area (Å²) in [6.45, 7) is 3.42. The van der Waals surface area contributed by atoms with Gasteiger partial charge >= 0.3 is 5.97 Å². The summed E-state index contributed by atoms with van der Waals surface area (Å²) in [5, 5.41) is 0. The molecule has 1 saturated heterocycles. The smallest absolute Gasteiger partial charge is 0.331 e. The first-order valence-electron chi connectivity index (χ1n) is 8.74. The summed E-state index contributed by atoms with van der Waals surface area (Å²) in [5.41, 5.74) is 0.855. The molecule has 0 aliphatic carbocycles. The van der Waals surface area contributed by atoms with Crippen molar-refractivity contribution in [3.8, 4) is 0 Å². The molecule has 2 atom stereocenters. The first-order chi connectivity index (χ1) is 12.3. The van der Waals surface area contributed by atoms with E-state index in [0.717, 1.165) is 5.56 Å². The summed E-state index contributed by atoms with van der Waals surface area (Å²) in [6.07, 6.45) is 4.02. The molecule has 0 bridgehead atoms. The molecule has 6 nitrogen and oxygen atoms in total. The van der Waals surface area contributed by atoms with Crippen LogP contribution in [0.1, 0.15) is 32.3 Å². The van der Waals surface area contributed by atoms with E-state index in [1.165, 1.54) is 6.08 Å². The molecular formula is C19H25NO5S. The molecule has 1 aliphatic heterocycles. The van der Waals surface area contributed by atoms with Crippen LogP contribution >= 0.6 is 0 Å². The van der Waals surface area contributed by atoms with Gasteiger partial charge in [0.15, 0.2) is 16.4 Å². The molecule has 1 fully saturated rings. The number of esters is 1. The van der Waals surface area contributed by atoms with Gasteiger partial charge < -0.3 is 9.64 Å². The number of hydrogen-bond acceptors (Lipinski definition) is 5. The van der Waals surface area contributed by atoms with E-state index in [1.54, 1.807) is 11.0 Å². The van der Waals surface area contributed by atoms with Gasteiger partial charge in [-0.2, -0.15) is 0 Å². The Labute approximate surface area is 154 Å². The molecule has 1 heterocycles. The maximum Gasteiger partial charge on any atom is 0.331 e. The van der Waals surface area contributed by atoms with E-state index in [4.69, 9.17) is 4.74 Å². The molecule has 0 radical (unpaired) electrons. The Morgan fingerprint density at radius 3 is 2.58 bits per heavy atom. The first-order valence-corrected chi connectivity index (χ1v) is 10.6. The van der Waals surface area contributed by atoms with Crippen LogP contribution in [-0.2, 0) is 24.2 Å². The molecule has 1 aromatic rings. The van der Waals surface area contributed by atoms with Gasteiger partial charge in [-0.3, -0.25) is 4.79 Å². The second kappa shape index (κ2) is 8.98. The minimum atomic E-state index is -3.10. The maximum atomic E-state index is 12.6. The SMILES string of the molecule is CC[C@@H](C)N(C(=O)COC(=O)/C=C/c1ccccc1)[C@@H]1CCS(=O)(=O)C1. The molecule has 2 rings (SSSR count). The van der Waals surface area contributed by atoms with Crippen molar-refractivity contribution in [1.29, 1.82) is 0 Å². The molecule has 0 spiro atoms. The zero-order valence-corrected chi connectivity index (χ0v) is 15.9. The summed E-state index contributed by atoms with van der Waals surface area (Å²) in [5.74, 6) is -0.893. The fourth-order valence-electron chi connectivity index (χ4n) is 2.98. The molecular weight excluding hydrogens is 354 g/mol. The van der Waals surface area contributed by atoms with E-state index in [2.05, 4.69) is 0 Å². The van der Waals surface area contributed by atoms with Crippen LogP contribution in [0.25, 0.3) is 6.08 Å². The highest BCUT2D eigenvalue weighted by Gasteiger charge is 2.36. The van der Waals surface area contributed by atoms with Gasteiger partial charge in [0, 0.05) is 18.2 Å². The number of benzene rings is 1. The molecule has 7 heteroatoms. The number of nitrogens with zero attached hydrogens (tertiary/aromatic N) is 1. The third-order valence-corrected chi connectivity index (χ3v) is 6.26. The fourth-order valence-corrected chi connectivity index (χ4v) is 4.70. The van der Waals surface area contributed by atoms with Crippen molar-refractivity contribution in [1.82, 2.24) is 4.90 Å². The highest BCUT2D eigenvalue weighted by molar-refractivity contribution is 7.91. The highest BCUT2D eigenvalue weighted by atomic mass is 32.2. The number of hydrogen-bond donors (Lipinski definition) is 0. The Balaban J connectivity index is 1.94. The van der Waals surface area contributed by atoms with Gasteiger partial charge in [0.1, 0.15) is 0 Å². The summed E-state index contributed by atoms with van der Waals surface area (Å²) in [4.78, 5) is 25.9. The normalized spacial score (nSPS) is 20.0. The van der Waals surface area contributed by atoms with Crippen molar-refractivity contribution in [3.63, 3.8) is 0 Å². The van der Waals surface area contributed by atoms with Crippen molar-refractivity contribution in [2.45, 2.75) is 38.8 Å². The summed E-state index contributed by atoms with van der Waals surface area (Å²) in [6, 6.07) is 8.82. The van der Waals surface area contributed by atoms with E-state index in [0.29, 0.717) is 12.8 Å². The predicted molar refractivity (Wildman–Crippen MR) is 100 cm³/mol. The van der Waals surface area contributed by atoms with Crippen LogP contribution in [0, 0.1) is 0 Å². The average Bonchev–Trinajstić information content (AvgIpc) is 2.98. The lowest BCUT2D eigenvalue weighted by atomic mass is 10.1. The van der Waals surface area contributed by atoms with Crippen molar-refractivity contribution >= 4 is 27.8 Å². The van der Waals surface area contributed by atoms with Crippen LogP contribution in [0.15, 0.2) is 36.4 Å². The summed E-state index contributed by atoms with van der Waals surface area (Å²) in [7, 11) is -3.10. The molecule has 1 amide bonds. The second-order valence-corrected chi connectivity index (χ2v) is 8.70. The highest BCUT2D eigenvalue weighted by Crippen LogP contribution is 2.21. The number of sulfone groups is 1. The molecule has 1 aliphatic rings. The van der Waals surface area contributed by atoms with E-state index < -0.39 is 22.4 Å². The van der Waals surface area contributed by atoms with Gasteiger partial charge in [-0.05, 0) is 31.4 Å². The molecule has 0 aromatic heterocycles. The van der Waals surface area contributed by atoms with Crippen LogP contribution < -0.4 is 0 Å². The standard InChI is InChI=1S/C19H25NO5S/c1-3-15(2)20(17-11-12-26(23,24)14-17)18(21)13-25-19(22)10-9-16-7-5-4-6-8-16/h4-10,15,17H,3,11-14H2,1-2H3/b10-9+/t15-,17-/m1/s1. The largest absolute Gasteiger partial charge is 0.452 e. The van der Waals surface area contributed by atoms with Crippen LogP contribution in [-0.4, -0.2) is 55.4 Å². The summed E-state index contributed by atoms with van der Waals surface area (Å²) < 4.78 is 28.5. The minimum Gasteiger partial charge on any atom is -0.452 e. The second-order valence-electron chi connectivity index (χ2n) is 6.47. The van der Waals surface area contributed by atoms with Gasteiger partial charge in [0.25, 0.3) is 5.91 Å². The van der Waals surface area contributed by atoms with Crippen molar-refractivity contribution in [3.05, 3.63) is 42.0 Å². The number of ether oxygens (including phenoxy) is 1. The van der Waals surface area contributed by atoms with E-state index in [9.17, 15) is 18.0 Å². The minimum absolute atomic E-state index is 0.0229. The topological polar surface area (TPSA) is 80.8 Å². The third-order valence-electron chi connectivity index (χ3n) is 4.50. The molecule has 142 valence electrons. The summed E-state index contributed by atoms with van der Waals surface area (Å²) >= 11 is 0. The number of amides is 1. The van der Waals surface area contributed by atoms with E-state index in [1.807, 2.05) is 44.2 Å². The number of carbonyl (C=O) groups excluding carboxylic acids is 2. The van der Waals surface area contributed by atoms with Crippen LogP contribution in [0.5, 0.6) is 0 Å². The van der Waals surface area contributed by atoms with Crippen LogP contribution in [0.4, 0.5) is 0 Å². The molecule has 0 N–H and O–H groups in total. The van der Waals surface area contributed by atoms with Crippen LogP contribution in [0.3, 0.4) is 0 Å². The van der Waals surface area contributed by atoms with Gasteiger partial charge in [-0.15, -0.1) is 0 Å². The zero-order valence-electron chi connectivity index (χ0n) is 15.1. The third kappa shape index (κ3) is 5.69. The number of rotatable bonds is 7. The molecule has 0 saturated carbocycles. The Bertz CT molecular complexity index is 757. The van der Waals surface area contributed by atoms with Crippen molar-refractivity contribution < 1.29 is 22.7 Å². The molecule has 26 heavy (non-hydrogen) atoms. The van der Waals surface area contributed by atoms with Gasteiger partial charge in [-0.25, -0.2) is 13.2 Å². The fraction of sp³-hybridized carbons (Fsp3) is 0.474. The Kier molecular flexibility index (Phi) is 6.97.